The van der Waals surface area contributed by atoms with Gasteiger partial charge < -0.3 is 33.9 Å². The minimum atomic E-state index is -2.38. The average molecular weight is 617 g/mol. The number of carbonyl (C=O) groups excluding carboxylic acids is 2. The van der Waals surface area contributed by atoms with Gasteiger partial charge in [-0.25, -0.2) is 4.79 Å². The van der Waals surface area contributed by atoms with E-state index in [4.69, 9.17) is 23.7 Å². The highest BCUT2D eigenvalue weighted by molar-refractivity contribution is 5.93. The third-order valence-corrected chi connectivity index (χ3v) is 9.79. The fraction of sp³-hybridized carbons (Fsp3) is 0.714. The smallest absolute Gasteiger partial charge is 0.336 e. The molecule has 0 aromatic heterocycles. The maximum absolute atomic E-state index is 14.1. The summed E-state index contributed by atoms with van der Waals surface area (Å²) in [4.78, 5) is 27.3. The Labute approximate surface area is 262 Å². The maximum atomic E-state index is 14.1. The van der Waals surface area contributed by atoms with Gasteiger partial charge in [0.25, 0.3) is 0 Å². The van der Waals surface area contributed by atoms with Crippen molar-refractivity contribution in [2.45, 2.75) is 122 Å². The van der Waals surface area contributed by atoms with Crippen LogP contribution in [0.1, 0.15) is 80.1 Å². The molecule has 2 saturated heterocycles. The fourth-order valence-electron chi connectivity index (χ4n) is 7.51. The average Bonchev–Trinajstić information content (AvgIpc) is 2.96. The van der Waals surface area contributed by atoms with E-state index in [9.17, 15) is 19.8 Å². The zero-order valence-corrected chi connectivity index (χ0v) is 27.6. The van der Waals surface area contributed by atoms with E-state index in [1.165, 1.54) is 31.9 Å². The largest absolute Gasteiger partial charge is 0.466 e. The number of ether oxygens (including phenoxy) is 5. The minimum Gasteiger partial charge on any atom is -0.466 e. The Morgan fingerprint density at radius 2 is 1.86 bits per heavy atom. The highest BCUT2D eigenvalue weighted by Gasteiger charge is 2.58. The molecule has 0 radical (unpaired) electrons. The van der Waals surface area contributed by atoms with E-state index in [-0.39, 0.29) is 23.7 Å². The van der Waals surface area contributed by atoms with Crippen LogP contribution in [0.4, 0.5) is 0 Å². The molecule has 2 fully saturated rings. The van der Waals surface area contributed by atoms with Crippen LogP contribution < -0.4 is 0 Å². The van der Waals surface area contributed by atoms with Gasteiger partial charge in [0.05, 0.1) is 24.9 Å². The first kappa shape index (κ1) is 34.6. The monoisotopic (exact) mass is 616 g/mol. The summed E-state index contributed by atoms with van der Waals surface area (Å²) in [6, 6.07) is 0. The van der Waals surface area contributed by atoms with E-state index in [1.54, 1.807) is 13.0 Å². The molecule has 3 aliphatic heterocycles. The fourth-order valence-corrected chi connectivity index (χ4v) is 7.51. The van der Waals surface area contributed by atoms with Crippen LogP contribution >= 0.6 is 0 Å². The molecule has 44 heavy (non-hydrogen) atoms. The van der Waals surface area contributed by atoms with Crippen molar-refractivity contribution in [3.63, 3.8) is 0 Å². The summed E-state index contributed by atoms with van der Waals surface area (Å²) in [5.74, 6) is -3.15. The van der Waals surface area contributed by atoms with Crippen molar-refractivity contribution in [3.8, 4) is 0 Å². The van der Waals surface area contributed by atoms with Crippen LogP contribution in [-0.4, -0.2) is 78.3 Å². The van der Waals surface area contributed by atoms with Crippen LogP contribution in [0.15, 0.2) is 47.1 Å². The molecule has 2 N–H and O–H groups in total. The molecular weight excluding hydrogens is 564 g/mol. The molecular formula is C35H52O9. The third kappa shape index (κ3) is 7.07. The van der Waals surface area contributed by atoms with E-state index < -0.39 is 47.6 Å². The number of fused-ring (bicyclic) bond motifs is 3. The van der Waals surface area contributed by atoms with E-state index >= 15 is 0 Å². The lowest BCUT2D eigenvalue weighted by atomic mass is 9.69. The SMILES string of the molecule is COC(=O)/C1=C\C=C\[C@H](C)C/C(C)=C/C[C@@H]2C[C@@H](C[C@]3(CC[C@H](C)[C@@H](C(C)C)O3)O2)OC(=O)[C@@H]2C=C(C)[C@@H](OC)[C@@H](O)[C@@]12O. The summed E-state index contributed by atoms with van der Waals surface area (Å²) in [7, 11) is 2.60. The van der Waals surface area contributed by atoms with Gasteiger partial charge in [0.2, 0.25) is 0 Å². The van der Waals surface area contributed by atoms with Gasteiger partial charge in [-0.1, -0.05) is 57.6 Å². The van der Waals surface area contributed by atoms with Crippen LogP contribution in [0.3, 0.4) is 0 Å². The highest BCUT2D eigenvalue weighted by atomic mass is 16.7. The Morgan fingerprint density at radius 3 is 2.52 bits per heavy atom. The molecule has 0 aromatic rings. The molecule has 2 bridgehead atoms. The number of methoxy groups -OCH3 is 2. The van der Waals surface area contributed by atoms with Crippen LogP contribution in [0.25, 0.3) is 0 Å². The Hall–Kier alpha value is -2.30. The first-order chi connectivity index (χ1) is 20.7. The molecule has 4 rings (SSSR count). The minimum absolute atomic E-state index is 0.00419. The van der Waals surface area contributed by atoms with Gasteiger partial charge in [0.1, 0.15) is 29.8 Å². The van der Waals surface area contributed by atoms with Crippen LogP contribution in [0.5, 0.6) is 0 Å². The van der Waals surface area contributed by atoms with Crippen molar-refractivity contribution in [2.75, 3.05) is 14.2 Å². The third-order valence-electron chi connectivity index (χ3n) is 9.79. The Morgan fingerprint density at radius 1 is 1.14 bits per heavy atom. The summed E-state index contributed by atoms with van der Waals surface area (Å²) < 4.78 is 30.2. The zero-order valence-electron chi connectivity index (χ0n) is 27.6. The highest BCUT2D eigenvalue weighted by Crippen LogP contribution is 2.46. The van der Waals surface area contributed by atoms with Crippen LogP contribution in [0, 0.1) is 23.7 Å². The molecule has 0 saturated carbocycles. The van der Waals surface area contributed by atoms with Gasteiger partial charge in [0.15, 0.2) is 5.79 Å². The van der Waals surface area contributed by atoms with Crippen molar-refractivity contribution in [1.29, 1.82) is 0 Å². The number of rotatable bonds is 3. The van der Waals surface area contributed by atoms with Gasteiger partial charge in [-0.15, -0.1) is 0 Å². The second-order valence-electron chi connectivity index (χ2n) is 13.7. The number of allylic oxidation sites excluding steroid dienone is 4. The Bertz CT molecular complexity index is 1180. The van der Waals surface area contributed by atoms with Crippen molar-refractivity contribution in [1.82, 2.24) is 0 Å². The molecule has 0 unspecified atom stereocenters. The first-order valence-corrected chi connectivity index (χ1v) is 16.0. The Balaban J connectivity index is 1.81. The number of hydrogen-bond acceptors (Lipinski definition) is 9. The topological polar surface area (TPSA) is 121 Å². The van der Waals surface area contributed by atoms with E-state index in [1.807, 2.05) is 6.08 Å². The molecule has 3 heterocycles. The standard InChI is InChI=1S/C35H52O9/c1-20(2)29-23(5)14-15-34(44-29)19-26-18-25(43-34)13-12-22(4)16-21(3)10-9-11-27(32(37)41-8)35(39)28(33(38)42-26)17-24(6)30(40-7)31(35)36/h9-12,17,20-21,23,25-26,28-31,36,39H,13-16,18-19H2,1-8H3/b10-9+,22-12+,27-11+/t21-,23-,25+,26-,28-,29+,30+,31+,34+,35+/m0/s1. The molecule has 0 aromatic carbocycles. The molecule has 10 atom stereocenters. The van der Waals surface area contributed by atoms with Crippen molar-refractivity contribution in [3.05, 3.63) is 47.1 Å². The van der Waals surface area contributed by atoms with Gasteiger partial charge in [-0.3, -0.25) is 4.79 Å². The van der Waals surface area contributed by atoms with Gasteiger partial charge in [-0.2, -0.15) is 0 Å². The molecule has 1 aliphatic carbocycles. The summed E-state index contributed by atoms with van der Waals surface area (Å²) in [5, 5.41) is 23.8. The molecule has 246 valence electrons. The number of aliphatic hydroxyl groups excluding tert-OH is 1. The molecule has 0 amide bonds. The summed E-state index contributed by atoms with van der Waals surface area (Å²) in [6.07, 6.45) is 9.13. The van der Waals surface area contributed by atoms with Gasteiger partial charge in [-0.05, 0) is 62.5 Å². The maximum Gasteiger partial charge on any atom is 0.336 e. The number of aliphatic hydroxyl groups is 2. The summed E-state index contributed by atoms with van der Waals surface area (Å²) in [6.45, 7) is 12.3. The number of esters is 2. The van der Waals surface area contributed by atoms with Crippen LogP contribution in [0.2, 0.25) is 0 Å². The van der Waals surface area contributed by atoms with E-state index in [0.29, 0.717) is 43.1 Å². The lowest BCUT2D eigenvalue weighted by molar-refractivity contribution is -0.340. The molecule has 9 nitrogen and oxygen atoms in total. The molecule has 9 heteroatoms. The van der Waals surface area contributed by atoms with Crippen molar-refractivity contribution in [2.24, 2.45) is 23.7 Å². The zero-order chi connectivity index (χ0) is 32.4. The predicted octanol–water partition coefficient (Wildman–Crippen LogP) is 4.96. The van der Waals surface area contributed by atoms with E-state index in [0.717, 1.165) is 12.8 Å². The predicted molar refractivity (Wildman–Crippen MR) is 165 cm³/mol. The second-order valence-corrected chi connectivity index (χ2v) is 13.7. The summed E-state index contributed by atoms with van der Waals surface area (Å²) >= 11 is 0. The lowest BCUT2D eigenvalue weighted by Gasteiger charge is -2.51. The Kier molecular flexibility index (Phi) is 11.0. The van der Waals surface area contributed by atoms with Gasteiger partial charge in [0, 0.05) is 26.4 Å². The lowest BCUT2D eigenvalue weighted by Crippen LogP contribution is -2.62. The van der Waals surface area contributed by atoms with Crippen molar-refractivity contribution >= 4 is 11.9 Å². The second kappa shape index (κ2) is 14.0. The molecule has 4 aliphatic rings. The quantitative estimate of drug-likeness (QED) is 0.335. The van der Waals surface area contributed by atoms with Crippen LogP contribution in [-0.2, 0) is 33.3 Å². The molecule has 1 spiro atoms. The van der Waals surface area contributed by atoms with Gasteiger partial charge >= 0.3 is 11.9 Å². The van der Waals surface area contributed by atoms with Crippen molar-refractivity contribution < 1.29 is 43.5 Å². The summed E-state index contributed by atoms with van der Waals surface area (Å²) in [5.41, 5.74) is -0.909. The first-order valence-electron chi connectivity index (χ1n) is 16.0. The normalized spacial score (nSPS) is 43.5. The number of hydrogen-bond donors (Lipinski definition) is 2. The van der Waals surface area contributed by atoms with E-state index in [2.05, 4.69) is 40.7 Å². The number of carbonyl (C=O) groups is 2.